The third-order valence-corrected chi connectivity index (χ3v) is 6.51. The van der Waals surface area contributed by atoms with Crippen molar-refractivity contribution in [2.75, 3.05) is 20.2 Å². The maximum atomic E-state index is 13.5. The number of ether oxygens (including phenoxy) is 1. The number of likely N-dealkylation sites (tertiary alicyclic amines) is 1. The minimum atomic E-state index is -0.102. The summed E-state index contributed by atoms with van der Waals surface area (Å²) in [5, 5.41) is 8.07. The summed E-state index contributed by atoms with van der Waals surface area (Å²) in [7, 11) is 1.63. The van der Waals surface area contributed by atoms with E-state index in [1.54, 1.807) is 11.8 Å². The molecule has 0 spiro atoms. The highest BCUT2D eigenvalue weighted by Gasteiger charge is 2.25. The Bertz CT molecular complexity index is 1260. The third-order valence-electron chi connectivity index (χ3n) is 6.51. The van der Waals surface area contributed by atoms with Crippen molar-refractivity contribution in [3.05, 3.63) is 102 Å². The molecule has 1 saturated heterocycles. The average molecular weight is 467 g/mol. The molecule has 6 nitrogen and oxygen atoms in total. The van der Waals surface area contributed by atoms with Crippen LogP contribution < -0.4 is 10.1 Å². The van der Waals surface area contributed by atoms with Crippen molar-refractivity contribution >= 4 is 5.91 Å². The third kappa shape index (κ3) is 5.28. The van der Waals surface area contributed by atoms with Gasteiger partial charge in [-0.15, -0.1) is 0 Å². The highest BCUT2D eigenvalue weighted by atomic mass is 16.5. The lowest BCUT2D eigenvalue weighted by Crippen LogP contribution is -2.44. The van der Waals surface area contributed by atoms with Crippen LogP contribution in [0.4, 0.5) is 0 Å². The first-order valence-electron chi connectivity index (χ1n) is 12.1. The minimum Gasteiger partial charge on any atom is -0.496 e. The molecule has 0 atom stereocenters. The van der Waals surface area contributed by atoms with Crippen molar-refractivity contribution < 1.29 is 9.53 Å². The van der Waals surface area contributed by atoms with E-state index in [9.17, 15) is 4.79 Å². The molecule has 1 aromatic heterocycles. The fraction of sp³-hybridized carbons (Fsp3) is 0.241. The molecular formula is C29H30N4O2. The molecule has 1 fully saturated rings. The lowest BCUT2D eigenvalue weighted by atomic mass is 10.0. The van der Waals surface area contributed by atoms with Crippen molar-refractivity contribution in [1.29, 1.82) is 0 Å². The summed E-state index contributed by atoms with van der Waals surface area (Å²) in [6.45, 7) is 2.87. The maximum absolute atomic E-state index is 13.5. The molecule has 1 aliphatic heterocycles. The van der Waals surface area contributed by atoms with Gasteiger partial charge in [-0.1, -0.05) is 60.7 Å². The smallest absolute Gasteiger partial charge is 0.255 e. The van der Waals surface area contributed by atoms with Gasteiger partial charge in [0.2, 0.25) is 0 Å². The number of nitrogens with zero attached hydrogens (tertiary/aromatic N) is 3. The predicted molar refractivity (Wildman–Crippen MR) is 138 cm³/mol. The molecule has 0 radical (unpaired) electrons. The van der Waals surface area contributed by atoms with E-state index in [0.29, 0.717) is 17.0 Å². The van der Waals surface area contributed by atoms with Gasteiger partial charge in [-0.25, -0.2) is 4.68 Å². The fourth-order valence-electron chi connectivity index (χ4n) is 4.63. The standard InChI is InChI=1S/C29H30N4O2/c1-35-27-15-9-8-14-25(27)28-26(21-33(31-28)24-12-6-3-7-13-24)29(34)30-23-16-18-32(19-17-23)20-22-10-4-2-5-11-22/h2-15,21,23H,16-20H2,1H3,(H,30,34). The van der Waals surface area contributed by atoms with Crippen molar-refractivity contribution in [2.45, 2.75) is 25.4 Å². The largest absolute Gasteiger partial charge is 0.496 e. The number of rotatable bonds is 7. The molecule has 1 aliphatic rings. The van der Waals surface area contributed by atoms with Crippen LogP contribution in [-0.2, 0) is 6.54 Å². The average Bonchev–Trinajstić information content (AvgIpc) is 3.36. The van der Waals surface area contributed by atoms with Gasteiger partial charge >= 0.3 is 0 Å². The van der Waals surface area contributed by atoms with Crippen LogP contribution in [0.5, 0.6) is 5.75 Å². The number of carbonyl (C=O) groups is 1. The number of hydrogen-bond acceptors (Lipinski definition) is 4. The number of methoxy groups -OCH3 is 1. The maximum Gasteiger partial charge on any atom is 0.255 e. The second kappa shape index (κ2) is 10.6. The van der Waals surface area contributed by atoms with Crippen LogP contribution in [0.1, 0.15) is 28.8 Å². The van der Waals surface area contributed by atoms with Crippen LogP contribution in [0.15, 0.2) is 91.1 Å². The van der Waals surface area contributed by atoms with E-state index >= 15 is 0 Å². The summed E-state index contributed by atoms with van der Waals surface area (Å²) in [4.78, 5) is 16.0. The van der Waals surface area contributed by atoms with Gasteiger partial charge in [0.1, 0.15) is 11.4 Å². The zero-order valence-corrected chi connectivity index (χ0v) is 19.9. The SMILES string of the molecule is COc1ccccc1-c1nn(-c2ccccc2)cc1C(=O)NC1CCN(Cc2ccccc2)CC1. The molecule has 1 N–H and O–H groups in total. The number of piperidine rings is 1. The molecule has 178 valence electrons. The second-order valence-electron chi connectivity index (χ2n) is 8.88. The first-order valence-corrected chi connectivity index (χ1v) is 12.1. The van der Waals surface area contributed by atoms with Gasteiger partial charge < -0.3 is 10.1 Å². The van der Waals surface area contributed by atoms with Gasteiger partial charge in [-0.3, -0.25) is 9.69 Å². The Morgan fingerprint density at radius 2 is 1.60 bits per heavy atom. The lowest BCUT2D eigenvalue weighted by molar-refractivity contribution is 0.0909. The van der Waals surface area contributed by atoms with Gasteiger partial charge in [0.05, 0.1) is 18.4 Å². The van der Waals surface area contributed by atoms with Gasteiger partial charge in [0, 0.05) is 37.4 Å². The van der Waals surface area contributed by atoms with E-state index in [4.69, 9.17) is 9.84 Å². The Morgan fingerprint density at radius 3 is 2.31 bits per heavy atom. The Labute approximate surface area is 206 Å². The minimum absolute atomic E-state index is 0.102. The van der Waals surface area contributed by atoms with Crippen LogP contribution in [-0.4, -0.2) is 46.8 Å². The molecular weight excluding hydrogens is 436 g/mol. The van der Waals surface area contributed by atoms with Gasteiger partial charge in [0.15, 0.2) is 0 Å². The molecule has 1 amide bonds. The zero-order valence-electron chi connectivity index (χ0n) is 19.9. The van der Waals surface area contributed by atoms with Crippen molar-refractivity contribution in [3.63, 3.8) is 0 Å². The summed E-state index contributed by atoms with van der Waals surface area (Å²) < 4.78 is 7.34. The van der Waals surface area contributed by atoms with E-state index in [1.165, 1.54) is 5.56 Å². The Morgan fingerprint density at radius 1 is 0.943 bits per heavy atom. The molecule has 3 aromatic carbocycles. The van der Waals surface area contributed by atoms with Crippen molar-refractivity contribution in [2.24, 2.45) is 0 Å². The first kappa shape index (κ1) is 22.9. The summed E-state index contributed by atoms with van der Waals surface area (Å²) in [6.07, 6.45) is 3.67. The molecule has 0 bridgehead atoms. The van der Waals surface area contributed by atoms with E-state index in [1.807, 2.05) is 66.9 Å². The number of hydrogen-bond donors (Lipinski definition) is 1. The van der Waals surface area contributed by atoms with E-state index < -0.39 is 0 Å². The second-order valence-corrected chi connectivity index (χ2v) is 8.88. The zero-order chi connectivity index (χ0) is 24.0. The van der Waals surface area contributed by atoms with Gasteiger partial charge in [-0.05, 0) is 42.7 Å². The van der Waals surface area contributed by atoms with Crippen LogP contribution >= 0.6 is 0 Å². The Hall–Kier alpha value is -3.90. The molecule has 4 aromatic rings. The van der Waals surface area contributed by atoms with Crippen LogP contribution in [0.3, 0.4) is 0 Å². The summed E-state index contributed by atoms with van der Waals surface area (Å²) >= 11 is 0. The number of amides is 1. The predicted octanol–water partition coefficient (Wildman–Crippen LogP) is 4.94. The number of carbonyl (C=O) groups excluding carboxylic acids is 1. The fourth-order valence-corrected chi connectivity index (χ4v) is 4.63. The molecule has 35 heavy (non-hydrogen) atoms. The summed E-state index contributed by atoms with van der Waals surface area (Å²) in [6, 6.07) is 28.2. The molecule has 5 rings (SSSR count). The molecule has 6 heteroatoms. The Kier molecular flexibility index (Phi) is 6.91. The molecule has 0 unspecified atom stereocenters. The van der Waals surface area contributed by atoms with E-state index in [2.05, 4.69) is 34.5 Å². The monoisotopic (exact) mass is 466 g/mol. The summed E-state index contributed by atoms with van der Waals surface area (Å²) in [5.41, 5.74) is 4.18. The van der Waals surface area contributed by atoms with Crippen molar-refractivity contribution in [3.8, 4) is 22.7 Å². The topological polar surface area (TPSA) is 59.4 Å². The van der Waals surface area contributed by atoms with E-state index in [0.717, 1.165) is 43.7 Å². The first-order chi connectivity index (χ1) is 17.2. The molecule has 0 saturated carbocycles. The summed E-state index contributed by atoms with van der Waals surface area (Å²) in [5.74, 6) is 0.587. The van der Waals surface area contributed by atoms with E-state index in [-0.39, 0.29) is 11.9 Å². The highest BCUT2D eigenvalue weighted by Crippen LogP contribution is 2.32. The van der Waals surface area contributed by atoms with Crippen molar-refractivity contribution in [1.82, 2.24) is 20.0 Å². The normalized spacial score (nSPS) is 14.5. The van der Waals surface area contributed by atoms with Crippen LogP contribution in [0, 0.1) is 0 Å². The number of benzene rings is 3. The van der Waals surface area contributed by atoms with Crippen LogP contribution in [0.2, 0.25) is 0 Å². The molecule has 2 heterocycles. The number of para-hydroxylation sites is 2. The highest BCUT2D eigenvalue weighted by molar-refractivity contribution is 6.00. The van der Waals surface area contributed by atoms with Crippen LogP contribution in [0.25, 0.3) is 16.9 Å². The number of aromatic nitrogens is 2. The van der Waals surface area contributed by atoms with Gasteiger partial charge in [-0.2, -0.15) is 5.10 Å². The molecule has 0 aliphatic carbocycles. The lowest BCUT2D eigenvalue weighted by Gasteiger charge is -2.32. The van der Waals surface area contributed by atoms with Gasteiger partial charge in [0.25, 0.3) is 5.91 Å². The Balaban J connectivity index is 1.34. The number of nitrogens with one attached hydrogen (secondary N) is 1. The quantitative estimate of drug-likeness (QED) is 0.419.